The van der Waals surface area contributed by atoms with Gasteiger partial charge in [-0.3, -0.25) is 0 Å². The topological polar surface area (TPSA) is 0 Å². The maximum Gasteiger partial charge on any atom is 0.0369 e. The summed E-state index contributed by atoms with van der Waals surface area (Å²) in [4.78, 5) is 0. The van der Waals surface area contributed by atoms with E-state index in [2.05, 4.69) is 158 Å². The molecule has 0 saturated heterocycles. The molecule has 2 heterocycles. The zero-order valence-corrected chi connectivity index (χ0v) is 26.5. The molecule has 0 radical (unpaired) electrons. The first-order chi connectivity index (χ1) is 22.8. The fourth-order valence-electron chi connectivity index (χ4n) is 7.36. The van der Waals surface area contributed by atoms with E-state index in [0.29, 0.717) is 0 Å². The highest BCUT2D eigenvalue weighted by Crippen LogP contribution is 2.46. The van der Waals surface area contributed by atoms with E-state index < -0.39 is 0 Å². The molecule has 10 rings (SSSR count). The quantitative estimate of drug-likeness (QED) is 0.173. The third-order valence-corrected chi connectivity index (χ3v) is 11.7. The second-order valence-electron chi connectivity index (χ2n) is 12.0. The molecule has 46 heavy (non-hydrogen) atoms. The number of hydrogen-bond donors (Lipinski definition) is 0. The van der Waals surface area contributed by atoms with Gasteiger partial charge in [0, 0.05) is 40.3 Å². The number of thiophene rings is 2. The first kappa shape index (κ1) is 26.0. The van der Waals surface area contributed by atoms with E-state index in [1.165, 1.54) is 95.3 Å². The van der Waals surface area contributed by atoms with Crippen molar-refractivity contribution in [2.24, 2.45) is 0 Å². The Balaban J connectivity index is 1.18. The van der Waals surface area contributed by atoms with Crippen molar-refractivity contribution in [3.63, 3.8) is 0 Å². The highest BCUT2D eigenvalue weighted by Gasteiger charge is 2.18. The van der Waals surface area contributed by atoms with Gasteiger partial charge in [0.2, 0.25) is 0 Å². The molecule has 214 valence electrons. The van der Waals surface area contributed by atoms with Crippen LogP contribution in [0.25, 0.3) is 95.3 Å². The Morgan fingerprint density at radius 1 is 0.239 bits per heavy atom. The second-order valence-corrected chi connectivity index (χ2v) is 14.2. The summed E-state index contributed by atoms with van der Waals surface area (Å²) in [7, 11) is 0. The van der Waals surface area contributed by atoms with Gasteiger partial charge in [0.15, 0.2) is 0 Å². The van der Waals surface area contributed by atoms with E-state index in [1.54, 1.807) is 0 Å². The molecule has 0 aliphatic carbocycles. The number of rotatable bonds is 3. The maximum atomic E-state index is 2.43. The Bertz CT molecular complexity index is 2720. The maximum absolute atomic E-state index is 2.43. The molecule has 0 atom stereocenters. The Hall–Kier alpha value is -5.28. The zero-order valence-electron chi connectivity index (χ0n) is 24.8. The number of benzene rings is 8. The van der Waals surface area contributed by atoms with Gasteiger partial charge in [-0.05, 0) is 79.2 Å². The van der Waals surface area contributed by atoms with Crippen LogP contribution >= 0.6 is 22.7 Å². The first-order valence-corrected chi connectivity index (χ1v) is 17.3. The summed E-state index contributed by atoms with van der Waals surface area (Å²) in [6.45, 7) is 0. The third kappa shape index (κ3) is 3.91. The van der Waals surface area contributed by atoms with Crippen LogP contribution in [0, 0.1) is 0 Å². The molecule has 0 saturated carbocycles. The summed E-state index contributed by atoms with van der Waals surface area (Å²) in [5.41, 5.74) is 7.59. The third-order valence-electron chi connectivity index (χ3n) is 9.47. The van der Waals surface area contributed by atoms with Crippen LogP contribution in [0.3, 0.4) is 0 Å². The van der Waals surface area contributed by atoms with Crippen LogP contribution in [-0.2, 0) is 0 Å². The van der Waals surface area contributed by atoms with E-state index in [9.17, 15) is 0 Å². The number of fused-ring (bicyclic) bond motifs is 8. The molecule has 0 N–H and O–H groups in total. The summed E-state index contributed by atoms with van der Waals surface area (Å²) >= 11 is 3.81. The van der Waals surface area contributed by atoms with Crippen LogP contribution in [0.5, 0.6) is 0 Å². The normalized spacial score (nSPS) is 11.9. The summed E-state index contributed by atoms with van der Waals surface area (Å²) in [6, 6.07) is 58.3. The number of hydrogen-bond acceptors (Lipinski definition) is 2. The first-order valence-electron chi connectivity index (χ1n) is 15.7. The molecule has 2 heteroatoms. The van der Waals surface area contributed by atoms with Crippen LogP contribution in [-0.4, -0.2) is 0 Å². The molecule has 0 nitrogen and oxygen atoms in total. The Morgan fingerprint density at radius 2 is 0.674 bits per heavy atom. The van der Waals surface area contributed by atoms with Crippen LogP contribution in [0.4, 0.5) is 0 Å². The SMILES string of the molecule is c1ccc(-c2ccc(-c3c4ccccc4c(-c4ccc5c(c4)sc4cc6sc7ccccc7c6cc45)c4ccccc34)cc2)cc1. The monoisotopic (exact) mass is 618 g/mol. The van der Waals surface area contributed by atoms with Crippen molar-refractivity contribution in [3.8, 4) is 33.4 Å². The highest BCUT2D eigenvalue weighted by molar-refractivity contribution is 7.28. The van der Waals surface area contributed by atoms with E-state index in [4.69, 9.17) is 0 Å². The van der Waals surface area contributed by atoms with Gasteiger partial charge in [0.1, 0.15) is 0 Å². The minimum absolute atomic E-state index is 1.24. The molecule has 0 aliphatic rings. The van der Waals surface area contributed by atoms with Gasteiger partial charge in [-0.15, -0.1) is 22.7 Å². The Labute approximate surface area is 274 Å². The van der Waals surface area contributed by atoms with Crippen molar-refractivity contribution in [1.29, 1.82) is 0 Å². The molecule has 0 bridgehead atoms. The van der Waals surface area contributed by atoms with Crippen LogP contribution in [0.15, 0.2) is 158 Å². The lowest BCUT2D eigenvalue weighted by atomic mass is 9.85. The standard InChI is InChI=1S/C44H26S2/c1-2-10-27(11-3-1)28-18-20-29(21-19-28)43-33-13-4-6-15-35(33)44(36-16-7-5-14-34(36)43)30-22-23-32-38-25-37-31-12-8-9-17-39(31)45-41(37)26-42(38)46-40(32)24-30/h1-26H. The van der Waals surface area contributed by atoms with E-state index >= 15 is 0 Å². The van der Waals surface area contributed by atoms with Gasteiger partial charge in [-0.2, -0.15) is 0 Å². The lowest BCUT2D eigenvalue weighted by Crippen LogP contribution is -1.90. The van der Waals surface area contributed by atoms with Crippen LogP contribution < -0.4 is 0 Å². The van der Waals surface area contributed by atoms with Crippen LogP contribution in [0.2, 0.25) is 0 Å². The predicted octanol–water partition coefficient (Wildman–Crippen LogP) is 13.7. The molecular formula is C44H26S2. The van der Waals surface area contributed by atoms with Gasteiger partial charge in [0.05, 0.1) is 0 Å². The van der Waals surface area contributed by atoms with E-state index in [-0.39, 0.29) is 0 Å². The fraction of sp³-hybridized carbons (Fsp3) is 0. The average Bonchev–Trinajstić information content (AvgIpc) is 3.66. The molecule has 0 aliphatic heterocycles. The summed E-state index contributed by atoms with van der Waals surface area (Å²) in [6.07, 6.45) is 0. The molecule has 0 amide bonds. The summed E-state index contributed by atoms with van der Waals surface area (Å²) < 4.78 is 5.42. The molecule has 0 unspecified atom stereocenters. The van der Waals surface area contributed by atoms with Gasteiger partial charge in [0.25, 0.3) is 0 Å². The van der Waals surface area contributed by atoms with E-state index in [1.807, 2.05) is 22.7 Å². The highest BCUT2D eigenvalue weighted by atomic mass is 32.1. The molecule has 0 fully saturated rings. The Kier molecular flexibility index (Phi) is 5.72. The molecule has 0 spiro atoms. The fourth-order valence-corrected chi connectivity index (χ4v) is 9.73. The van der Waals surface area contributed by atoms with Crippen molar-refractivity contribution in [3.05, 3.63) is 158 Å². The zero-order chi connectivity index (χ0) is 30.2. The summed E-state index contributed by atoms with van der Waals surface area (Å²) in [5, 5.41) is 10.6. The van der Waals surface area contributed by atoms with E-state index in [0.717, 1.165) is 0 Å². The average molecular weight is 619 g/mol. The largest absolute Gasteiger partial charge is 0.135 e. The van der Waals surface area contributed by atoms with Gasteiger partial charge in [-0.1, -0.05) is 133 Å². The molecular weight excluding hydrogens is 593 g/mol. The minimum atomic E-state index is 1.24. The molecule has 10 aromatic rings. The minimum Gasteiger partial charge on any atom is -0.135 e. The van der Waals surface area contributed by atoms with Crippen LogP contribution in [0.1, 0.15) is 0 Å². The van der Waals surface area contributed by atoms with Gasteiger partial charge < -0.3 is 0 Å². The van der Waals surface area contributed by atoms with Crippen molar-refractivity contribution in [2.45, 2.75) is 0 Å². The lowest BCUT2D eigenvalue weighted by Gasteiger charge is -2.18. The van der Waals surface area contributed by atoms with Gasteiger partial charge in [-0.25, -0.2) is 0 Å². The van der Waals surface area contributed by atoms with Gasteiger partial charge >= 0.3 is 0 Å². The molecule has 8 aromatic carbocycles. The molecule has 2 aromatic heterocycles. The summed E-state index contributed by atoms with van der Waals surface area (Å²) in [5.74, 6) is 0. The van der Waals surface area contributed by atoms with Crippen molar-refractivity contribution >= 4 is 84.6 Å². The van der Waals surface area contributed by atoms with Crippen molar-refractivity contribution in [1.82, 2.24) is 0 Å². The predicted molar refractivity (Wildman–Crippen MR) is 204 cm³/mol. The smallest absolute Gasteiger partial charge is 0.0369 e. The van der Waals surface area contributed by atoms with Crippen molar-refractivity contribution in [2.75, 3.05) is 0 Å². The lowest BCUT2D eigenvalue weighted by molar-refractivity contribution is 1.61. The second kappa shape index (κ2) is 10.1. The Morgan fingerprint density at radius 3 is 1.33 bits per heavy atom. The van der Waals surface area contributed by atoms with Crippen molar-refractivity contribution < 1.29 is 0 Å².